The molecule has 0 saturated heterocycles. The Morgan fingerprint density at radius 1 is 1.24 bits per heavy atom. The van der Waals surface area contributed by atoms with Crippen LogP contribution in [0.2, 0.25) is 0 Å². The summed E-state index contributed by atoms with van der Waals surface area (Å²) in [6, 6.07) is -0.895. The number of imidazole rings is 1. The number of amides is 1. The van der Waals surface area contributed by atoms with Crippen molar-refractivity contribution in [3.05, 3.63) is 29.9 Å². The van der Waals surface area contributed by atoms with Crippen LogP contribution >= 0.6 is 0 Å². The van der Waals surface area contributed by atoms with Gasteiger partial charge in [-0.2, -0.15) is 0 Å². The summed E-state index contributed by atoms with van der Waals surface area (Å²) in [7, 11) is 1.26. The van der Waals surface area contributed by atoms with E-state index in [1.165, 1.54) is 19.0 Å². The Hall–Kier alpha value is -3.09. The number of ketones is 1. The van der Waals surface area contributed by atoms with Crippen molar-refractivity contribution in [3.8, 4) is 0 Å². The van der Waals surface area contributed by atoms with Gasteiger partial charge < -0.3 is 35.2 Å². The molecule has 1 aromatic rings. The van der Waals surface area contributed by atoms with Crippen LogP contribution in [0.3, 0.4) is 0 Å². The zero-order chi connectivity index (χ0) is 30.3. The van der Waals surface area contributed by atoms with Crippen molar-refractivity contribution in [2.24, 2.45) is 33.7 Å². The average Bonchev–Trinajstić information content (AvgIpc) is 3.57. The molecule has 0 aliphatic heterocycles. The van der Waals surface area contributed by atoms with Crippen LogP contribution in [0, 0.1) is 28.6 Å². The minimum atomic E-state index is -1.61. The normalized spacial score (nSPS) is 37.1. The van der Waals surface area contributed by atoms with E-state index in [9.17, 15) is 29.7 Å². The molecule has 42 heavy (non-hydrogen) atoms. The number of esters is 1. The van der Waals surface area contributed by atoms with E-state index in [0.717, 1.165) is 25.0 Å². The monoisotopic (exact) mass is 586 g/mol. The van der Waals surface area contributed by atoms with Gasteiger partial charge in [0, 0.05) is 23.7 Å². The molecule has 0 radical (unpaired) electrons. The van der Waals surface area contributed by atoms with Gasteiger partial charge in [-0.15, -0.1) is 0 Å². The average molecular weight is 587 g/mol. The zero-order valence-corrected chi connectivity index (χ0v) is 24.5. The van der Waals surface area contributed by atoms with Crippen LogP contribution in [0.15, 0.2) is 29.3 Å². The highest BCUT2D eigenvalue weighted by molar-refractivity contribution is 5.96. The predicted molar refractivity (Wildman–Crippen MR) is 150 cm³/mol. The van der Waals surface area contributed by atoms with Gasteiger partial charge in [-0.05, 0) is 74.2 Å². The molecule has 3 fully saturated rings. The molecule has 0 spiro atoms. The number of Topliss-reactive ketones (excluding diaryl/α,β-unsaturated/α-hetero) is 1. The van der Waals surface area contributed by atoms with Crippen LogP contribution in [0.1, 0.15) is 64.5 Å². The lowest BCUT2D eigenvalue weighted by atomic mass is 9.45. The summed E-state index contributed by atoms with van der Waals surface area (Å²) in [5.74, 6) is -1.41. The number of oxime groups is 1. The number of aromatic nitrogens is 2. The van der Waals surface area contributed by atoms with E-state index in [4.69, 9.17) is 9.57 Å². The number of aromatic amines is 1. The van der Waals surface area contributed by atoms with Gasteiger partial charge in [0.25, 0.3) is 5.91 Å². The minimum Gasteiger partial charge on any atom is -0.467 e. The van der Waals surface area contributed by atoms with Crippen molar-refractivity contribution < 1.29 is 39.3 Å². The number of ether oxygens (including phenoxy) is 1. The Labute approximate surface area is 244 Å². The molecule has 1 aromatic heterocycles. The van der Waals surface area contributed by atoms with Crippen LogP contribution in [0.4, 0.5) is 0 Å². The number of rotatable bonds is 9. The number of allylic oxidation sites excluding steroid dienone is 2. The summed E-state index contributed by atoms with van der Waals surface area (Å²) in [6.45, 7) is 3.05. The van der Waals surface area contributed by atoms with Gasteiger partial charge >= 0.3 is 5.97 Å². The first kappa shape index (κ1) is 30.4. The molecule has 3 saturated carbocycles. The lowest BCUT2D eigenvalue weighted by Crippen LogP contribution is -2.62. The Balaban J connectivity index is 1.24. The number of hydrogen-bond donors (Lipinski definition) is 5. The number of aliphatic hydroxyl groups excluding tert-OH is 2. The summed E-state index contributed by atoms with van der Waals surface area (Å²) in [5.41, 5.74) is -0.0624. The molecule has 4 aliphatic carbocycles. The topological polar surface area (TPSA) is 183 Å². The maximum absolute atomic E-state index is 12.6. The number of nitrogens with one attached hydrogen (secondary N) is 2. The summed E-state index contributed by atoms with van der Waals surface area (Å²) in [4.78, 5) is 49.4. The molecule has 0 bridgehead atoms. The second kappa shape index (κ2) is 11.5. The number of aliphatic hydroxyl groups is 3. The lowest BCUT2D eigenvalue weighted by Gasteiger charge is -2.60. The smallest absolute Gasteiger partial charge is 0.328 e. The maximum Gasteiger partial charge on any atom is 0.328 e. The quantitative estimate of drug-likeness (QED) is 0.210. The molecule has 12 nitrogen and oxygen atoms in total. The fourth-order valence-electron chi connectivity index (χ4n) is 8.73. The number of carbonyl (C=O) groups excluding carboxylic acids is 3. The highest BCUT2D eigenvalue weighted by Gasteiger charge is 2.68. The number of nitrogens with zero attached hydrogens (tertiary/aromatic N) is 2. The van der Waals surface area contributed by atoms with Crippen molar-refractivity contribution in [1.82, 2.24) is 15.3 Å². The molecule has 1 amide bonds. The summed E-state index contributed by atoms with van der Waals surface area (Å²) >= 11 is 0. The van der Waals surface area contributed by atoms with Crippen LogP contribution in [-0.2, 0) is 30.4 Å². The summed E-state index contributed by atoms with van der Waals surface area (Å²) in [6.07, 6.45) is 8.90. The molecule has 12 heteroatoms. The van der Waals surface area contributed by atoms with Gasteiger partial charge in [-0.25, -0.2) is 9.78 Å². The largest absolute Gasteiger partial charge is 0.467 e. The predicted octanol–water partition coefficient (Wildman–Crippen LogP) is 1.21. The first-order valence-corrected chi connectivity index (χ1v) is 14.8. The number of carbonyl (C=O) groups is 3. The van der Waals surface area contributed by atoms with E-state index < -0.39 is 47.4 Å². The van der Waals surface area contributed by atoms with Crippen molar-refractivity contribution in [2.45, 2.75) is 83.0 Å². The Morgan fingerprint density at radius 2 is 2.02 bits per heavy atom. The fraction of sp³-hybridized carbons (Fsp3) is 0.700. The highest BCUT2D eigenvalue weighted by atomic mass is 16.6. The maximum atomic E-state index is 12.6. The van der Waals surface area contributed by atoms with Crippen molar-refractivity contribution in [3.63, 3.8) is 0 Å². The van der Waals surface area contributed by atoms with Crippen molar-refractivity contribution in [2.75, 3.05) is 20.3 Å². The van der Waals surface area contributed by atoms with Crippen LogP contribution in [-0.4, -0.2) is 86.7 Å². The van der Waals surface area contributed by atoms with Crippen molar-refractivity contribution in [1.29, 1.82) is 0 Å². The first-order chi connectivity index (χ1) is 20.0. The third kappa shape index (κ3) is 5.07. The molecule has 5 rings (SSSR count). The van der Waals surface area contributed by atoms with Gasteiger partial charge in [-0.1, -0.05) is 24.6 Å². The van der Waals surface area contributed by atoms with E-state index in [-0.39, 0.29) is 36.2 Å². The van der Waals surface area contributed by atoms with Gasteiger partial charge in [0.15, 0.2) is 12.4 Å². The van der Waals surface area contributed by atoms with E-state index >= 15 is 0 Å². The van der Waals surface area contributed by atoms with Crippen LogP contribution in [0.25, 0.3) is 0 Å². The second-order valence-electron chi connectivity index (χ2n) is 12.9. The third-order valence-corrected chi connectivity index (χ3v) is 10.8. The van der Waals surface area contributed by atoms with E-state index in [1.807, 2.05) is 13.0 Å². The standard InChI is InChI=1S/C30H42N4O8/c1-28-8-6-18(34-42-15-25(38)33-22(27(39)41-3)11-19-13-31-16-32-19)10-17(28)4-5-20-21-7-9-30(40,24(37)14-35)29(21,2)12-23(36)26(20)28/h10,13,16,20-23,26,35-36,40H,4-9,11-12,14-15H2,1-3H3,(H,31,32)(H,33,38). The second-order valence-corrected chi connectivity index (χ2v) is 12.9. The SMILES string of the molecule is COC(=O)C(Cc1cnc[nH]1)NC(=O)CON=C1C=C2CCC3C(C(O)CC4(C)C3CCC4(O)C(=O)CO)C2(C)CC1. The van der Waals surface area contributed by atoms with E-state index in [2.05, 4.69) is 27.4 Å². The number of fused-ring (bicyclic) bond motifs is 5. The highest BCUT2D eigenvalue weighted by Crippen LogP contribution is 2.67. The number of hydrogen-bond acceptors (Lipinski definition) is 10. The molecule has 0 aromatic carbocycles. The molecule has 8 unspecified atom stereocenters. The van der Waals surface area contributed by atoms with E-state index in [1.54, 1.807) is 6.20 Å². The summed E-state index contributed by atoms with van der Waals surface area (Å²) in [5, 5.41) is 39.3. The van der Waals surface area contributed by atoms with Gasteiger partial charge in [0.05, 0.1) is 25.3 Å². The molecular weight excluding hydrogens is 544 g/mol. The molecule has 4 aliphatic rings. The molecule has 5 N–H and O–H groups in total. The zero-order valence-electron chi connectivity index (χ0n) is 24.5. The molecular formula is C30H42N4O8. The Bertz CT molecular complexity index is 1260. The van der Waals surface area contributed by atoms with Crippen LogP contribution < -0.4 is 5.32 Å². The van der Waals surface area contributed by atoms with E-state index in [0.29, 0.717) is 31.4 Å². The lowest BCUT2D eigenvalue weighted by molar-refractivity contribution is -0.181. The summed E-state index contributed by atoms with van der Waals surface area (Å²) < 4.78 is 4.80. The molecule has 230 valence electrons. The number of methoxy groups -OCH3 is 1. The van der Waals surface area contributed by atoms with Gasteiger partial charge in [0.1, 0.15) is 18.2 Å². The Kier molecular flexibility index (Phi) is 8.34. The first-order valence-electron chi connectivity index (χ1n) is 14.8. The van der Waals surface area contributed by atoms with Crippen molar-refractivity contribution >= 4 is 23.4 Å². The molecule has 1 heterocycles. The fourth-order valence-corrected chi connectivity index (χ4v) is 8.73. The van der Waals surface area contributed by atoms with Gasteiger partial charge in [0.2, 0.25) is 0 Å². The Morgan fingerprint density at radius 3 is 2.71 bits per heavy atom. The minimum absolute atomic E-state index is 0.0134. The third-order valence-electron chi connectivity index (χ3n) is 10.8. The molecule has 8 atom stereocenters. The van der Waals surface area contributed by atoms with Gasteiger partial charge in [-0.3, -0.25) is 9.59 Å². The number of H-pyrrole nitrogens is 1. The van der Waals surface area contributed by atoms with Crippen LogP contribution in [0.5, 0.6) is 0 Å².